The summed E-state index contributed by atoms with van der Waals surface area (Å²) in [6, 6.07) is 5.41. The van der Waals surface area contributed by atoms with E-state index in [1.165, 1.54) is 32.1 Å². The molecule has 1 saturated carbocycles. The van der Waals surface area contributed by atoms with Crippen LogP contribution >= 0.6 is 0 Å². The van der Waals surface area contributed by atoms with Crippen LogP contribution in [0.4, 0.5) is 10.5 Å². The molecule has 1 aliphatic carbocycles. The summed E-state index contributed by atoms with van der Waals surface area (Å²) in [5.41, 5.74) is 0.0107. The van der Waals surface area contributed by atoms with Crippen LogP contribution < -0.4 is 14.8 Å². The van der Waals surface area contributed by atoms with E-state index in [-0.39, 0.29) is 6.10 Å². The summed E-state index contributed by atoms with van der Waals surface area (Å²) in [5.74, 6) is 2.16. The first-order valence-corrected chi connectivity index (χ1v) is 11.9. The van der Waals surface area contributed by atoms with Gasteiger partial charge in [0, 0.05) is 19.2 Å². The van der Waals surface area contributed by atoms with Crippen molar-refractivity contribution in [3.8, 4) is 11.5 Å². The van der Waals surface area contributed by atoms with E-state index in [9.17, 15) is 4.79 Å². The third kappa shape index (κ3) is 9.72. The normalized spacial score (nSPS) is 18.3. The third-order valence-electron chi connectivity index (χ3n) is 5.84. The highest BCUT2D eigenvalue weighted by atomic mass is 16.6. The first-order chi connectivity index (χ1) is 15.2. The number of carbonyl (C=O) groups is 1. The van der Waals surface area contributed by atoms with Crippen molar-refractivity contribution in [1.29, 1.82) is 0 Å². The standard InChI is InChI=1S/C18H28N2O4.C7H13B/c1-18(2,3)24-17(21)19-15-7-6-14(12-16(15)22-5)23-13-8-10-20(4)11-9-13;8-6-7-4-2-1-3-5-7/h6-7,12-13H,8-11H2,1-5H3,(H,19,21);7H,1-6H2. The maximum absolute atomic E-state index is 11.9. The van der Waals surface area contributed by atoms with Gasteiger partial charge in [0.1, 0.15) is 23.2 Å². The van der Waals surface area contributed by atoms with Gasteiger partial charge in [-0.05, 0) is 58.7 Å². The maximum atomic E-state index is 11.9. The highest BCUT2D eigenvalue weighted by molar-refractivity contribution is 6.08. The van der Waals surface area contributed by atoms with Crippen molar-refractivity contribution in [2.75, 3.05) is 32.6 Å². The Morgan fingerprint density at radius 2 is 1.78 bits per heavy atom. The van der Waals surface area contributed by atoms with E-state index in [2.05, 4.69) is 17.3 Å². The fourth-order valence-corrected chi connectivity index (χ4v) is 3.98. The predicted molar refractivity (Wildman–Crippen MR) is 131 cm³/mol. The Hall–Kier alpha value is -1.89. The SMILES string of the molecule is COc1cc(OC2CCN(C)CC2)ccc1NC(=O)OC(C)(C)C.[B]CC1CCCCC1. The molecule has 3 rings (SSSR count). The fourth-order valence-electron chi connectivity index (χ4n) is 3.98. The number of hydrogen-bond acceptors (Lipinski definition) is 5. The molecule has 0 unspecified atom stereocenters. The number of ether oxygens (including phenoxy) is 3. The molecule has 1 heterocycles. The second-order valence-corrected chi connectivity index (χ2v) is 9.85. The van der Waals surface area contributed by atoms with Gasteiger partial charge >= 0.3 is 6.09 Å². The van der Waals surface area contributed by atoms with E-state index in [1.807, 2.05) is 26.8 Å². The van der Waals surface area contributed by atoms with Crippen LogP contribution in [-0.4, -0.2) is 57.8 Å². The average molecular weight is 444 g/mol. The first kappa shape index (κ1) is 26.4. The molecule has 1 amide bonds. The summed E-state index contributed by atoms with van der Waals surface area (Å²) in [6.45, 7) is 7.55. The number of carbonyl (C=O) groups excluding carboxylic acids is 1. The van der Waals surface area contributed by atoms with Gasteiger partial charge in [-0.2, -0.15) is 0 Å². The Bertz CT molecular complexity index is 694. The molecule has 2 fully saturated rings. The lowest BCUT2D eigenvalue weighted by Gasteiger charge is -2.29. The van der Waals surface area contributed by atoms with E-state index in [0.717, 1.165) is 43.9 Å². The van der Waals surface area contributed by atoms with Gasteiger partial charge in [-0.25, -0.2) is 4.79 Å². The minimum atomic E-state index is -0.547. The molecule has 32 heavy (non-hydrogen) atoms. The van der Waals surface area contributed by atoms with Gasteiger partial charge in [-0.3, -0.25) is 5.32 Å². The zero-order valence-corrected chi connectivity index (χ0v) is 20.6. The zero-order valence-electron chi connectivity index (χ0n) is 20.6. The number of piperidine rings is 1. The van der Waals surface area contributed by atoms with Gasteiger partial charge in [0.25, 0.3) is 0 Å². The molecule has 2 radical (unpaired) electrons. The molecular formula is C25H41BN2O4. The van der Waals surface area contributed by atoms with Gasteiger partial charge in [0.05, 0.1) is 20.6 Å². The van der Waals surface area contributed by atoms with Crippen LogP contribution in [0.1, 0.15) is 65.7 Å². The lowest BCUT2D eigenvalue weighted by Crippen LogP contribution is -2.35. The number of rotatable bonds is 5. The summed E-state index contributed by atoms with van der Waals surface area (Å²) in [6.07, 6.45) is 9.70. The van der Waals surface area contributed by atoms with Crippen molar-refractivity contribution < 1.29 is 19.0 Å². The Kier molecular flexibility index (Phi) is 10.7. The lowest BCUT2D eigenvalue weighted by atomic mass is 9.80. The number of likely N-dealkylation sites (tertiary alicyclic amines) is 1. The van der Waals surface area contributed by atoms with Gasteiger partial charge < -0.3 is 19.1 Å². The lowest BCUT2D eigenvalue weighted by molar-refractivity contribution is 0.0635. The molecule has 0 spiro atoms. The predicted octanol–water partition coefficient (Wildman–Crippen LogP) is 5.67. The molecule has 6 nitrogen and oxygen atoms in total. The number of benzene rings is 1. The minimum Gasteiger partial charge on any atom is -0.494 e. The molecule has 1 saturated heterocycles. The Morgan fingerprint density at radius 3 is 2.31 bits per heavy atom. The smallest absolute Gasteiger partial charge is 0.412 e. The molecule has 178 valence electrons. The second-order valence-electron chi connectivity index (χ2n) is 9.85. The number of methoxy groups -OCH3 is 1. The van der Waals surface area contributed by atoms with Crippen molar-refractivity contribution in [3.05, 3.63) is 18.2 Å². The van der Waals surface area contributed by atoms with Gasteiger partial charge in [-0.1, -0.05) is 38.4 Å². The van der Waals surface area contributed by atoms with Crippen LogP contribution in [0.5, 0.6) is 11.5 Å². The number of amides is 1. The Balaban J connectivity index is 0.000000380. The van der Waals surface area contributed by atoms with Crippen molar-refractivity contribution in [1.82, 2.24) is 4.90 Å². The Labute approximate surface area is 195 Å². The molecule has 2 aliphatic rings. The second kappa shape index (κ2) is 13.0. The van der Waals surface area contributed by atoms with Crippen molar-refractivity contribution in [3.63, 3.8) is 0 Å². The molecule has 7 heteroatoms. The topological polar surface area (TPSA) is 60.0 Å². The summed E-state index contributed by atoms with van der Waals surface area (Å²) in [4.78, 5) is 14.2. The van der Waals surface area contributed by atoms with E-state index in [4.69, 9.17) is 22.1 Å². The number of nitrogens with zero attached hydrogens (tertiary/aromatic N) is 1. The van der Waals surface area contributed by atoms with Gasteiger partial charge in [-0.15, -0.1) is 0 Å². The first-order valence-electron chi connectivity index (χ1n) is 11.9. The van der Waals surface area contributed by atoms with Crippen LogP contribution in [0.3, 0.4) is 0 Å². The van der Waals surface area contributed by atoms with E-state index in [0.29, 0.717) is 11.4 Å². The number of anilines is 1. The molecule has 0 atom stereocenters. The monoisotopic (exact) mass is 444 g/mol. The molecule has 1 aromatic carbocycles. The van der Waals surface area contributed by atoms with Crippen molar-refractivity contribution >= 4 is 19.6 Å². The van der Waals surface area contributed by atoms with Crippen LogP contribution in [-0.2, 0) is 4.74 Å². The van der Waals surface area contributed by atoms with E-state index in [1.54, 1.807) is 19.2 Å². The van der Waals surface area contributed by atoms with Crippen molar-refractivity contribution in [2.45, 2.75) is 83.7 Å². The summed E-state index contributed by atoms with van der Waals surface area (Å²) >= 11 is 0. The van der Waals surface area contributed by atoms with Crippen LogP contribution in [0, 0.1) is 5.92 Å². The molecule has 0 aromatic heterocycles. The molecule has 1 aliphatic heterocycles. The van der Waals surface area contributed by atoms with Crippen LogP contribution in [0.15, 0.2) is 18.2 Å². The number of hydrogen-bond donors (Lipinski definition) is 1. The largest absolute Gasteiger partial charge is 0.494 e. The minimum absolute atomic E-state index is 0.218. The fraction of sp³-hybridized carbons (Fsp3) is 0.720. The summed E-state index contributed by atoms with van der Waals surface area (Å²) in [7, 11) is 9.19. The zero-order chi connectivity index (χ0) is 23.6. The molecule has 1 aromatic rings. The molecule has 0 bridgehead atoms. The number of nitrogens with one attached hydrogen (secondary N) is 1. The quantitative estimate of drug-likeness (QED) is 0.593. The maximum Gasteiger partial charge on any atom is 0.412 e. The van der Waals surface area contributed by atoms with Gasteiger partial charge in [0.2, 0.25) is 0 Å². The summed E-state index contributed by atoms with van der Waals surface area (Å²) in [5, 5.41) is 2.71. The highest BCUT2D eigenvalue weighted by Crippen LogP contribution is 2.31. The van der Waals surface area contributed by atoms with Gasteiger partial charge in [0.15, 0.2) is 0 Å². The van der Waals surface area contributed by atoms with E-state index >= 15 is 0 Å². The average Bonchev–Trinajstić information content (AvgIpc) is 2.76. The van der Waals surface area contributed by atoms with Crippen LogP contribution in [0.2, 0.25) is 6.32 Å². The third-order valence-corrected chi connectivity index (χ3v) is 5.84. The molecular weight excluding hydrogens is 403 g/mol. The summed E-state index contributed by atoms with van der Waals surface area (Å²) < 4.78 is 16.7. The van der Waals surface area contributed by atoms with Crippen molar-refractivity contribution in [2.24, 2.45) is 5.92 Å². The van der Waals surface area contributed by atoms with Crippen LogP contribution in [0.25, 0.3) is 0 Å². The van der Waals surface area contributed by atoms with E-state index < -0.39 is 11.7 Å². The Morgan fingerprint density at radius 1 is 1.12 bits per heavy atom. The highest BCUT2D eigenvalue weighted by Gasteiger charge is 2.20. The molecule has 1 N–H and O–H groups in total.